The Bertz CT molecular complexity index is 683. The highest BCUT2D eigenvalue weighted by Crippen LogP contribution is 2.29. The number of hydrogen-bond acceptors (Lipinski definition) is 5. The van der Waals surface area contributed by atoms with Crippen LogP contribution in [-0.4, -0.2) is 16.2 Å². The summed E-state index contributed by atoms with van der Waals surface area (Å²) in [7, 11) is 0. The highest BCUT2D eigenvalue weighted by molar-refractivity contribution is 5.74. The van der Waals surface area contributed by atoms with Gasteiger partial charge in [0.15, 0.2) is 6.29 Å². The molecule has 0 radical (unpaired) electrons. The maximum Gasteiger partial charge on any atom is 0.273 e. The largest absolute Gasteiger partial charge is 0.438 e. The van der Waals surface area contributed by atoms with E-state index in [2.05, 4.69) is 4.98 Å². The van der Waals surface area contributed by atoms with E-state index in [4.69, 9.17) is 4.74 Å². The average Bonchev–Trinajstić information content (AvgIpc) is 2.42. The molecule has 1 heterocycles. The van der Waals surface area contributed by atoms with Crippen LogP contribution >= 0.6 is 0 Å². The summed E-state index contributed by atoms with van der Waals surface area (Å²) in [4.78, 5) is 25.0. The lowest BCUT2D eigenvalue weighted by molar-refractivity contribution is -0.384. The van der Waals surface area contributed by atoms with Crippen molar-refractivity contribution in [2.24, 2.45) is 0 Å². The molecule has 6 nitrogen and oxygen atoms in total. The van der Waals surface area contributed by atoms with Gasteiger partial charge in [0.25, 0.3) is 5.69 Å². The molecule has 0 aliphatic carbocycles. The van der Waals surface area contributed by atoms with E-state index in [0.29, 0.717) is 29.0 Å². The molecule has 102 valence electrons. The van der Waals surface area contributed by atoms with Crippen LogP contribution in [0.25, 0.3) is 0 Å². The summed E-state index contributed by atoms with van der Waals surface area (Å²) in [6.07, 6.45) is 2.09. The van der Waals surface area contributed by atoms with Crippen molar-refractivity contribution in [3.8, 4) is 11.6 Å². The molecule has 1 aromatic heterocycles. The topological polar surface area (TPSA) is 82.3 Å². The third-order valence-corrected chi connectivity index (χ3v) is 2.78. The van der Waals surface area contributed by atoms with E-state index in [1.54, 1.807) is 26.0 Å². The Balaban J connectivity index is 2.36. The van der Waals surface area contributed by atoms with Gasteiger partial charge in [0, 0.05) is 23.4 Å². The molecule has 0 N–H and O–H groups in total. The van der Waals surface area contributed by atoms with E-state index in [1.807, 2.05) is 0 Å². The molecule has 0 unspecified atom stereocenters. The molecule has 0 atom stereocenters. The van der Waals surface area contributed by atoms with Gasteiger partial charge in [-0.2, -0.15) is 0 Å². The monoisotopic (exact) mass is 272 g/mol. The van der Waals surface area contributed by atoms with Crippen molar-refractivity contribution in [2.75, 3.05) is 0 Å². The molecular weight excluding hydrogens is 260 g/mol. The average molecular weight is 272 g/mol. The fourth-order valence-electron chi connectivity index (χ4n) is 1.67. The molecule has 0 spiro atoms. The standard InChI is InChI=1S/C14H12N2O4/c1-9-3-4-12(16(18)19)6-13(9)20-14-10(2)5-11(8-17)7-15-14/h3-8H,1-2H3. The van der Waals surface area contributed by atoms with Crippen LogP contribution in [0.15, 0.2) is 30.5 Å². The number of carbonyl (C=O) groups is 1. The lowest BCUT2D eigenvalue weighted by Gasteiger charge is -2.09. The van der Waals surface area contributed by atoms with Crippen molar-refractivity contribution in [3.05, 3.63) is 57.3 Å². The Kier molecular flexibility index (Phi) is 3.74. The second kappa shape index (κ2) is 5.48. The number of aldehydes is 1. The number of rotatable bonds is 4. The third kappa shape index (κ3) is 2.80. The zero-order valence-electron chi connectivity index (χ0n) is 11.0. The number of carbonyl (C=O) groups excluding carboxylic acids is 1. The number of benzene rings is 1. The van der Waals surface area contributed by atoms with Gasteiger partial charge < -0.3 is 4.74 Å². The molecule has 0 saturated carbocycles. The summed E-state index contributed by atoms with van der Waals surface area (Å²) >= 11 is 0. The Morgan fingerprint density at radius 2 is 2.00 bits per heavy atom. The molecule has 2 rings (SSSR count). The first-order valence-electron chi connectivity index (χ1n) is 5.86. The van der Waals surface area contributed by atoms with Crippen LogP contribution in [0.4, 0.5) is 5.69 Å². The minimum atomic E-state index is -0.484. The van der Waals surface area contributed by atoms with Gasteiger partial charge in [-0.15, -0.1) is 0 Å². The van der Waals surface area contributed by atoms with Gasteiger partial charge in [0.05, 0.1) is 11.0 Å². The van der Waals surface area contributed by atoms with Gasteiger partial charge in [-0.3, -0.25) is 14.9 Å². The quantitative estimate of drug-likeness (QED) is 0.485. The van der Waals surface area contributed by atoms with Gasteiger partial charge in [0.1, 0.15) is 5.75 Å². The minimum absolute atomic E-state index is 0.0484. The first kappa shape index (κ1) is 13.7. The van der Waals surface area contributed by atoms with E-state index < -0.39 is 4.92 Å². The number of nitro benzene ring substituents is 1. The maximum absolute atomic E-state index is 10.8. The van der Waals surface area contributed by atoms with Crippen LogP contribution in [0.1, 0.15) is 21.5 Å². The molecule has 20 heavy (non-hydrogen) atoms. The van der Waals surface area contributed by atoms with Crippen LogP contribution in [0.3, 0.4) is 0 Å². The highest BCUT2D eigenvalue weighted by Gasteiger charge is 2.12. The number of aromatic nitrogens is 1. The van der Waals surface area contributed by atoms with Crippen molar-refractivity contribution < 1.29 is 14.5 Å². The number of aryl methyl sites for hydroxylation is 2. The van der Waals surface area contributed by atoms with Crippen molar-refractivity contribution in [2.45, 2.75) is 13.8 Å². The van der Waals surface area contributed by atoms with Gasteiger partial charge >= 0.3 is 0 Å². The van der Waals surface area contributed by atoms with Crippen LogP contribution in [0.5, 0.6) is 11.6 Å². The first-order valence-corrected chi connectivity index (χ1v) is 5.86. The van der Waals surface area contributed by atoms with Crippen molar-refractivity contribution in [1.29, 1.82) is 0 Å². The minimum Gasteiger partial charge on any atom is -0.438 e. The van der Waals surface area contributed by atoms with E-state index >= 15 is 0 Å². The summed E-state index contributed by atoms with van der Waals surface area (Å²) in [5, 5.41) is 10.8. The van der Waals surface area contributed by atoms with Crippen LogP contribution in [-0.2, 0) is 0 Å². The summed E-state index contributed by atoms with van der Waals surface area (Å²) in [6.45, 7) is 3.54. The van der Waals surface area contributed by atoms with Crippen molar-refractivity contribution in [3.63, 3.8) is 0 Å². The Hall–Kier alpha value is -2.76. The van der Waals surface area contributed by atoms with Gasteiger partial charge in [-0.25, -0.2) is 4.98 Å². The molecule has 0 aliphatic heterocycles. The number of pyridine rings is 1. The number of hydrogen-bond donors (Lipinski definition) is 0. The molecule has 2 aromatic rings. The second-order valence-electron chi connectivity index (χ2n) is 4.32. The molecule has 0 amide bonds. The predicted molar refractivity (Wildman–Crippen MR) is 72.3 cm³/mol. The smallest absolute Gasteiger partial charge is 0.273 e. The van der Waals surface area contributed by atoms with Crippen LogP contribution < -0.4 is 4.74 Å². The van der Waals surface area contributed by atoms with Gasteiger partial charge in [-0.1, -0.05) is 0 Å². The van der Waals surface area contributed by atoms with E-state index in [0.717, 1.165) is 5.56 Å². The maximum atomic E-state index is 10.8. The summed E-state index contributed by atoms with van der Waals surface area (Å²) in [5.74, 6) is 0.688. The summed E-state index contributed by atoms with van der Waals surface area (Å²) in [5.41, 5.74) is 1.84. The van der Waals surface area contributed by atoms with Crippen LogP contribution in [0, 0.1) is 24.0 Å². The van der Waals surface area contributed by atoms with Gasteiger partial charge in [0.2, 0.25) is 5.88 Å². The SMILES string of the molecule is Cc1ccc([N+](=O)[O-])cc1Oc1ncc(C=O)cc1C. The Morgan fingerprint density at radius 1 is 1.25 bits per heavy atom. The number of nitrogens with zero attached hydrogens (tertiary/aromatic N) is 2. The summed E-state index contributed by atoms with van der Waals surface area (Å²) in [6, 6.07) is 6.02. The number of non-ortho nitro benzene ring substituents is 1. The molecule has 0 bridgehead atoms. The molecule has 0 saturated heterocycles. The normalized spacial score (nSPS) is 10.1. The van der Waals surface area contributed by atoms with Crippen LogP contribution in [0.2, 0.25) is 0 Å². The number of ether oxygens (including phenoxy) is 1. The Morgan fingerprint density at radius 3 is 2.60 bits per heavy atom. The van der Waals surface area contributed by atoms with Gasteiger partial charge in [-0.05, 0) is 31.5 Å². The molecule has 1 aromatic carbocycles. The summed E-state index contributed by atoms with van der Waals surface area (Å²) < 4.78 is 5.60. The lowest BCUT2D eigenvalue weighted by atomic mass is 10.2. The van der Waals surface area contributed by atoms with E-state index in [-0.39, 0.29) is 5.69 Å². The highest BCUT2D eigenvalue weighted by atomic mass is 16.6. The number of nitro groups is 1. The van der Waals surface area contributed by atoms with E-state index in [9.17, 15) is 14.9 Å². The third-order valence-electron chi connectivity index (χ3n) is 2.78. The first-order chi connectivity index (χ1) is 9.51. The van der Waals surface area contributed by atoms with Crippen molar-refractivity contribution >= 4 is 12.0 Å². The fourth-order valence-corrected chi connectivity index (χ4v) is 1.67. The zero-order valence-corrected chi connectivity index (χ0v) is 11.0. The fraction of sp³-hybridized carbons (Fsp3) is 0.143. The molecule has 0 fully saturated rings. The van der Waals surface area contributed by atoms with E-state index in [1.165, 1.54) is 18.3 Å². The Labute approximate surface area is 115 Å². The predicted octanol–water partition coefficient (Wildman–Crippen LogP) is 3.21. The zero-order chi connectivity index (χ0) is 14.7. The second-order valence-corrected chi connectivity index (χ2v) is 4.32. The molecule has 6 heteroatoms. The lowest BCUT2D eigenvalue weighted by Crippen LogP contribution is -1.96. The molecular formula is C14H12N2O4. The van der Waals surface area contributed by atoms with Crippen molar-refractivity contribution in [1.82, 2.24) is 4.98 Å². The molecule has 0 aliphatic rings.